The molecular formula is C100H56N6O2S2. The number of furan rings is 2. The third kappa shape index (κ3) is 9.58. The van der Waals surface area contributed by atoms with Gasteiger partial charge in [-0.15, -0.1) is 22.7 Å². The predicted molar refractivity (Wildman–Crippen MR) is 459 cm³/mol. The number of hydrogen-bond donors (Lipinski definition) is 0. The average molecular weight is 1440 g/mol. The van der Waals surface area contributed by atoms with Gasteiger partial charge in [0.1, 0.15) is 22.3 Å². The highest BCUT2D eigenvalue weighted by molar-refractivity contribution is 7.26. The van der Waals surface area contributed by atoms with Crippen LogP contribution in [0.25, 0.3) is 234 Å². The first kappa shape index (κ1) is 61.9. The van der Waals surface area contributed by atoms with Crippen LogP contribution in [-0.4, -0.2) is 24.1 Å². The van der Waals surface area contributed by atoms with Gasteiger partial charge in [0, 0.05) is 94.9 Å². The van der Waals surface area contributed by atoms with Crippen molar-refractivity contribution in [2.75, 3.05) is 0 Å². The summed E-state index contributed by atoms with van der Waals surface area (Å²) in [5, 5.41) is 12.4. The van der Waals surface area contributed by atoms with Gasteiger partial charge < -0.3 is 18.0 Å². The number of fused-ring (bicyclic) bond motifs is 20. The Kier molecular flexibility index (Phi) is 13.7. The number of thiophene rings is 2. The SMILES string of the molecule is [C-]#[N+]c1cc(-c2nc(-c3ccc4sc5ccccc5c4c3)nc(-c3ccc4sc5ccccc5c4c3)n2)c(-c2ccccc2)c(-n2c3ccc(-c4ccccc4)cc3c3c4oc5ccc(-c6ccccc6)cc5c4ccc32)c1-n1c2ccc(-c3ccccc3)cc2c2c3oc4ccc(-c5ccccc5)cc4c3ccc21. The van der Waals surface area contributed by atoms with Gasteiger partial charge in [-0.3, -0.25) is 0 Å². The molecule has 8 nitrogen and oxygen atoms in total. The molecule has 7 aromatic heterocycles. The minimum Gasteiger partial charge on any atom is -0.455 e. The first-order valence-corrected chi connectivity index (χ1v) is 38.4. The summed E-state index contributed by atoms with van der Waals surface area (Å²) in [6.45, 7) is 10.0. The molecule has 0 saturated heterocycles. The molecule has 16 aromatic carbocycles. The van der Waals surface area contributed by atoms with E-state index in [1.54, 1.807) is 22.7 Å². The van der Waals surface area contributed by atoms with Gasteiger partial charge in [0.05, 0.1) is 50.8 Å². The number of hydrogen-bond acceptors (Lipinski definition) is 7. The first-order valence-electron chi connectivity index (χ1n) is 36.8. The quantitative estimate of drug-likeness (QED) is 0.128. The predicted octanol–water partition coefficient (Wildman–Crippen LogP) is 28.5. The third-order valence-electron chi connectivity index (χ3n) is 22.2. The highest BCUT2D eigenvalue weighted by Crippen LogP contribution is 2.53. The normalized spacial score (nSPS) is 12.0. The molecule has 0 spiro atoms. The summed E-state index contributed by atoms with van der Waals surface area (Å²) in [6, 6.07) is 121. The molecule has 510 valence electrons. The first-order chi connectivity index (χ1) is 54.5. The molecule has 0 amide bonds. The average Bonchev–Trinajstić information content (AvgIpc) is 1.50. The molecule has 0 aliphatic rings. The summed E-state index contributed by atoms with van der Waals surface area (Å²) in [5.74, 6) is 1.41. The molecule has 0 fully saturated rings. The largest absolute Gasteiger partial charge is 0.455 e. The molecule has 0 N–H and O–H groups in total. The molecule has 23 rings (SSSR count). The lowest BCUT2D eigenvalue weighted by molar-refractivity contribution is 0.672. The summed E-state index contributed by atoms with van der Waals surface area (Å²) in [5.41, 5.74) is 21.0. The van der Waals surface area contributed by atoms with Gasteiger partial charge in [-0.25, -0.2) is 19.8 Å². The number of rotatable bonds is 10. The molecule has 110 heavy (non-hydrogen) atoms. The molecule has 0 radical (unpaired) electrons. The lowest BCUT2D eigenvalue weighted by Crippen LogP contribution is -2.09. The van der Waals surface area contributed by atoms with E-state index in [1.165, 1.54) is 29.6 Å². The van der Waals surface area contributed by atoms with Crippen LogP contribution in [0, 0.1) is 6.57 Å². The Labute approximate surface area is 637 Å². The Bertz CT molecular complexity index is 7710. The number of aromatic nitrogens is 5. The Morgan fingerprint density at radius 2 is 0.618 bits per heavy atom. The number of nitrogens with zero attached hydrogens (tertiary/aromatic N) is 6. The maximum Gasteiger partial charge on any atom is 0.213 e. The van der Waals surface area contributed by atoms with Crippen LogP contribution in [0.3, 0.4) is 0 Å². The van der Waals surface area contributed by atoms with Crippen LogP contribution < -0.4 is 0 Å². The van der Waals surface area contributed by atoms with Crippen LogP contribution in [0.1, 0.15) is 0 Å². The second-order valence-corrected chi connectivity index (χ2v) is 30.5. The van der Waals surface area contributed by atoms with E-state index in [0.717, 1.165) is 171 Å². The van der Waals surface area contributed by atoms with Gasteiger partial charge in [0.25, 0.3) is 0 Å². The zero-order valence-corrected chi connectivity index (χ0v) is 60.3. The zero-order valence-electron chi connectivity index (χ0n) is 58.6. The molecule has 0 aliphatic carbocycles. The van der Waals surface area contributed by atoms with Gasteiger partial charge in [-0.2, -0.15) is 0 Å². The molecule has 7 heterocycles. The summed E-state index contributed by atoms with van der Waals surface area (Å²) in [4.78, 5) is 21.9. The lowest BCUT2D eigenvalue weighted by Gasteiger charge is -2.25. The molecule has 0 aliphatic heterocycles. The van der Waals surface area contributed by atoms with Crippen LogP contribution in [0.2, 0.25) is 0 Å². The van der Waals surface area contributed by atoms with E-state index in [2.05, 4.69) is 343 Å². The van der Waals surface area contributed by atoms with Crippen LogP contribution >= 0.6 is 22.7 Å². The van der Waals surface area contributed by atoms with E-state index in [0.29, 0.717) is 34.4 Å². The van der Waals surface area contributed by atoms with Crippen molar-refractivity contribution in [3.8, 4) is 101 Å². The summed E-state index contributed by atoms with van der Waals surface area (Å²) in [6.07, 6.45) is 0. The van der Waals surface area contributed by atoms with Crippen molar-refractivity contribution in [2.24, 2.45) is 0 Å². The molecule has 0 bridgehead atoms. The molecular weight excluding hydrogens is 1380 g/mol. The van der Waals surface area contributed by atoms with Crippen molar-refractivity contribution in [2.45, 2.75) is 0 Å². The van der Waals surface area contributed by atoms with Crippen LogP contribution in [0.4, 0.5) is 5.69 Å². The standard InChI is InChI=1S/C100H56N6O2S2/c1-101-80-57-79(100-103-98(67-39-49-89-75(55-67)69-31-17-19-33-87(69)109-89)102-99(104-100)68-40-50-90-76(56-68)70-32-18-20-34-88(70)110-90)91(62-29-15-6-16-30-62)95(106-82-44-36-64(59-23-9-3-10-24-59)54-78(82)93-84(106)46-42-72-74-52-66(61-27-13-5-14-28-61)38-48-86(74)108-97(72)93)94(80)105-81-43-35-63(58-21-7-2-8-22-58)53-77(81)92-83(105)45-41-71-73-51-65(60-25-11-4-12-26-60)37-47-85(73)107-96(71)92/h2-57H. The van der Waals surface area contributed by atoms with Crippen LogP contribution in [0.5, 0.6) is 0 Å². The Morgan fingerprint density at radius 3 is 1.06 bits per heavy atom. The molecule has 0 saturated carbocycles. The fourth-order valence-electron chi connectivity index (χ4n) is 17.1. The monoisotopic (exact) mass is 1440 g/mol. The van der Waals surface area contributed by atoms with Gasteiger partial charge in [-0.05, 0) is 177 Å². The fraction of sp³-hybridized carbons (Fsp3) is 0. The number of benzene rings is 16. The Hall–Kier alpha value is -14.3. The zero-order chi connectivity index (χ0) is 72.2. The van der Waals surface area contributed by atoms with Crippen molar-refractivity contribution in [3.05, 3.63) is 351 Å². The minimum absolute atomic E-state index is 0.368. The topological polar surface area (TPSA) is 79.2 Å². The summed E-state index contributed by atoms with van der Waals surface area (Å²) >= 11 is 3.56. The van der Waals surface area contributed by atoms with Crippen LogP contribution in [0.15, 0.2) is 349 Å². The van der Waals surface area contributed by atoms with Gasteiger partial charge in [-0.1, -0.05) is 212 Å². The Morgan fingerprint density at radius 1 is 0.264 bits per heavy atom. The van der Waals surface area contributed by atoms with E-state index < -0.39 is 0 Å². The van der Waals surface area contributed by atoms with E-state index in [4.69, 9.17) is 28.6 Å². The van der Waals surface area contributed by atoms with Crippen molar-refractivity contribution in [1.29, 1.82) is 0 Å². The van der Waals surface area contributed by atoms with Crippen LogP contribution in [-0.2, 0) is 0 Å². The van der Waals surface area contributed by atoms with Crippen molar-refractivity contribution in [1.82, 2.24) is 24.1 Å². The second-order valence-electron chi connectivity index (χ2n) is 28.3. The minimum atomic E-state index is 0.368. The highest BCUT2D eigenvalue weighted by atomic mass is 32.1. The molecule has 23 aromatic rings. The fourth-order valence-corrected chi connectivity index (χ4v) is 19.3. The smallest absolute Gasteiger partial charge is 0.213 e. The van der Waals surface area contributed by atoms with Crippen molar-refractivity contribution >= 4 is 156 Å². The van der Waals surface area contributed by atoms with E-state index >= 15 is 0 Å². The highest BCUT2D eigenvalue weighted by Gasteiger charge is 2.32. The summed E-state index contributed by atoms with van der Waals surface area (Å²) in [7, 11) is 0. The molecule has 0 atom stereocenters. The van der Waals surface area contributed by atoms with Crippen molar-refractivity contribution < 1.29 is 8.83 Å². The molecule has 0 unspecified atom stereocenters. The van der Waals surface area contributed by atoms with E-state index in [9.17, 15) is 6.57 Å². The van der Waals surface area contributed by atoms with Gasteiger partial charge >= 0.3 is 0 Å². The lowest BCUT2D eigenvalue weighted by atomic mass is 9.93. The maximum absolute atomic E-state index is 10.0. The van der Waals surface area contributed by atoms with E-state index in [-0.39, 0.29) is 0 Å². The van der Waals surface area contributed by atoms with Crippen molar-refractivity contribution in [3.63, 3.8) is 0 Å². The van der Waals surface area contributed by atoms with Gasteiger partial charge in [0.2, 0.25) is 5.69 Å². The van der Waals surface area contributed by atoms with E-state index in [1.807, 2.05) is 6.07 Å². The molecule has 10 heteroatoms. The third-order valence-corrected chi connectivity index (χ3v) is 24.5. The Balaban J connectivity index is 0.886. The maximum atomic E-state index is 10.0. The second kappa shape index (κ2) is 24.4. The van der Waals surface area contributed by atoms with Gasteiger partial charge in [0.15, 0.2) is 17.5 Å². The summed E-state index contributed by atoms with van der Waals surface area (Å²) < 4.78 is 24.2.